The fourth-order valence-electron chi connectivity index (χ4n) is 2.19. The zero-order chi connectivity index (χ0) is 15.6. The van der Waals surface area contributed by atoms with Gasteiger partial charge in [0, 0.05) is 35.3 Å². The van der Waals surface area contributed by atoms with E-state index >= 15 is 0 Å². The summed E-state index contributed by atoms with van der Waals surface area (Å²) in [5.74, 6) is 0.508. The lowest BCUT2D eigenvalue weighted by atomic mass is 9.98. The number of amides is 1. The Morgan fingerprint density at radius 1 is 1.38 bits per heavy atom. The lowest BCUT2D eigenvalue weighted by molar-refractivity contribution is -0.122. The van der Waals surface area contributed by atoms with Crippen LogP contribution in [0.25, 0.3) is 0 Å². The molecule has 0 saturated heterocycles. The minimum Gasteiger partial charge on any atom is -0.355 e. The Hall–Kier alpha value is -0.940. The SMILES string of the molecule is Cc1nc(C(C)(C)C)sc1C(C)NCCNC(=O)C1CC1. The summed E-state index contributed by atoms with van der Waals surface area (Å²) in [6.07, 6.45) is 2.12. The smallest absolute Gasteiger partial charge is 0.223 e. The Kier molecular flexibility index (Phi) is 5.04. The highest BCUT2D eigenvalue weighted by molar-refractivity contribution is 7.12. The van der Waals surface area contributed by atoms with Crippen molar-refractivity contribution in [3.8, 4) is 0 Å². The molecule has 2 rings (SSSR count). The van der Waals surface area contributed by atoms with Gasteiger partial charge in [0.1, 0.15) is 0 Å². The van der Waals surface area contributed by atoms with Gasteiger partial charge < -0.3 is 10.6 Å². The monoisotopic (exact) mass is 309 g/mol. The molecule has 1 heterocycles. The van der Waals surface area contributed by atoms with Gasteiger partial charge in [0.15, 0.2) is 0 Å². The largest absolute Gasteiger partial charge is 0.355 e. The van der Waals surface area contributed by atoms with Crippen LogP contribution in [-0.4, -0.2) is 24.0 Å². The molecule has 118 valence electrons. The molecule has 1 atom stereocenters. The summed E-state index contributed by atoms with van der Waals surface area (Å²) in [6, 6.07) is 0.274. The van der Waals surface area contributed by atoms with Gasteiger partial charge in [-0.1, -0.05) is 20.8 Å². The van der Waals surface area contributed by atoms with Crippen molar-refractivity contribution < 1.29 is 4.79 Å². The van der Waals surface area contributed by atoms with E-state index in [1.807, 2.05) is 0 Å². The number of rotatable bonds is 6. The predicted octanol–water partition coefficient (Wildman–Crippen LogP) is 2.93. The number of aryl methyl sites for hydroxylation is 1. The molecule has 0 spiro atoms. The number of thiazole rings is 1. The van der Waals surface area contributed by atoms with E-state index in [9.17, 15) is 4.79 Å². The van der Waals surface area contributed by atoms with Crippen LogP contribution in [0.3, 0.4) is 0 Å². The van der Waals surface area contributed by atoms with Crippen molar-refractivity contribution in [2.75, 3.05) is 13.1 Å². The van der Waals surface area contributed by atoms with Gasteiger partial charge in [0.25, 0.3) is 0 Å². The van der Waals surface area contributed by atoms with Gasteiger partial charge in [-0.3, -0.25) is 4.79 Å². The molecule has 0 aliphatic heterocycles. The fourth-order valence-corrected chi connectivity index (χ4v) is 3.34. The van der Waals surface area contributed by atoms with Gasteiger partial charge in [-0.25, -0.2) is 4.98 Å². The molecule has 0 aromatic carbocycles. The second kappa shape index (κ2) is 6.44. The van der Waals surface area contributed by atoms with E-state index in [2.05, 4.69) is 45.3 Å². The molecule has 2 N–H and O–H groups in total. The van der Waals surface area contributed by atoms with Crippen molar-refractivity contribution in [2.24, 2.45) is 5.92 Å². The second-order valence-electron chi connectivity index (χ2n) is 6.96. The molecule has 5 heteroatoms. The average Bonchev–Trinajstić information content (AvgIpc) is 3.15. The third kappa shape index (κ3) is 4.51. The lowest BCUT2D eigenvalue weighted by Crippen LogP contribution is -2.33. The first-order valence-corrected chi connectivity index (χ1v) is 8.59. The first kappa shape index (κ1) is 16.4. The van der Waals surface area contributed by atoms with E-state index in [1.54, 1.807) is 11.3 Å². The van der Waals surface area contributed by atoms with E-state index in [0.717, 1.165) is 25.1 Å². The van der Waals surface area contributed by atoms with Crippen molar-refractivity contribution in [3.05, 3.63) is 15.6 Å². The molecule has 4 nitrogen and oxygen atoms in total. The van der Waals surface area contributed by atoms with Crippen LogP contribution in [0.15, 0.2) is 0 Å². The Bertz CT molecular complexity index is 500. The van der Waals surface area contributed by atoms with Crippen molar-refractivity contribution in [1.82, 2.24) is 15.6 Å². The zero-order valence-electron chi connectivity index (χ0n) is 13.7. The molecular formula is C16H27N3OS. The maximum absolute atomic E-state index is 11.5. The number of nitrogens with zero attached hydrogens (tertiary/aromatic N) is 1. The first-order chi connectivity index (χ1) is 9.79. The van der Waals surface area contributed by atoms with Crippen molar-refractivity contribution in [2.45, 2.75) is 58.9 Å². The van der Waals surface area contributed by atoms with Crippen LogP contribution >= 0.6 is 11.3 Å². The molecule has 1 saturated carbocycles. The van der Waals surface area contributed by atoms with Crippen LogP contribution < -0.4 is 10.6 Å². The molecule has 1 aliphatic carbocycles. The van der Waals surface area contributed by atoms with Crippen LogP contribution in [0.5, 0.6) is 0 Å². The van der Waals surface area contributed by atoms with E-state index in [-0.39, 0.29) is 17.4 Å². The topological polar surface area (TPSA) is 54.0 Å². The molecule has 1 fully saturated rings. The summed E-state index contributed by atoms with van der Waals surface area (Å²) in [5, 5.41) is 7.64. The Balaban J connectivity index is 1.81. The van der Waals surface area contributed by atoms with E-state index in [0.29, 0.717) is 12.5 Å². The highest BCUT2D eigenvalue weighted by Gasteiger charge is 2.29. The van der Waals surface area contributed by atoms with E-state index in [1.165, 1.54) is 9.88 Å². The Morgan fingerprint density at radius 2 is 2.05 bits per heavy atom. The van der Waals surface area contributed by atoms with Crippen LogP contribution in [0, 0.1) is 12.8 Å². The molecule has 0 bridgehead atoms. The third-order valence-corrected chi connectivity index (χ3v) is 5.46. The molecule has 1 aromatic heterocycles. The quantitative estimate of drug-likeness (QED) is 0.794. The van der Waals surface area contributed by atoms with Crippen LogP contribution in [0.2, 0.25) is 0 Å². The first-order valence-electron chi connectivity index (χ1n) is 7.78. The van der Waals surface area contributed by atoms with Crippen LogP contribution in [0.4, 0.5) is 0 Å². The molecule has 1 unspecified atom stereocenters. The minimum atomic E-state index is 0.103. The summed E-state index contributed by atoms with van der Waals surface area (Å²) in [5.41, 5.74) is 1.22. The normalized spacial score (nSPS) is 16.8. The van der Waals surface area contributed by atoms with Gasteiger partial charge in [-0.2, -0.15) is 0 Å². The predicted molar refractivity (Wildman–Crippen MR) is 87.7 cm³/mol. The molecule has 1 aliphatic rings. The van der Waals surface area contributed by atoms with E-state index < -0.39 is 0 Å². The fraction of sp³-hybridized carbons (Fsp3) is 0.750. The molecule has 1 aromatic rings. The highest BCUT2D eigenvalue weighted by Crippen LogP contribution is 2.32. The van der Waals surface area contributed by atoms with Gasteiger partial charge >= 0.3 is 0 Å². The highest BCUT2D eigenvalue weighted by atomic mass is 32.1. The number of nitrogens with one attached hydrogen (secondary N) is 2. The van der Waals surface area contributed by atoms with Crippen molar-refractivity contribution in [1.29, 1.82) is 0 Å². The number of hydrogen-bond donors (Lipinski definition) is 2. The van der Waals surface area contributed by atoms with E-state index in [4.69, 9.17) is 4.98 Å². The summed E-state index contributed by atoms with van der Waals surface area (Å²) in [4.78, 5) is 17.5. The summed E-state index contributed by atoms with van der Waals surface area (Å²) in [6.45, 7) is 12.3. The summed E-state index contributed by atoms with van der Waals surface area (Å²) in [7, 11) is 0. The van der Waals surface area contributed by atoms with Gasteiger partial charge in [-0.05, 0) is 26.7 Å². The number of hydrogen-bond acceptors (Lipinski definition) is 4. The minimum absolute atomic E-state index is 0.103. The standard InChI is InChI=1S/C16H27N3OS/c1-10(17-8-9-18-14(20)12-6-7-12)13-11(2)19-15(21-13)16(3,4)5/h10,12,17H,6-9H2,1-5H3,(H,18,20). The van der Waals surface area contributed by atoms with Crippen molar-refractivity contribution in [3.63, 3.8) is 0 Å². The molecule has 21 heavy (non-hydrogen) atoms. The molecule has 1 amide bonds. The maximum Gasteiger partial charge on any atom is 0.223 e. The molecular weight excluding hydrogens is 282 g/mol. The average molecular weight is 309 g/mol. The maximum atomic E-state index is 11.5. The third-order valence-electron chi connectivity index (χ3n) is 3.69. The Labute approximate surface area is 131 Å². The van der Waals surface area contributed by atoms with Gasteiger partial charge in [0.05, 0.1) is 10.7 Å². The number of carbonyl (C=O) groups excluding carboxylic acids is 1. The number of aromatic nitrogens is 1. The summed E-state index contributed by atoms with van der Waals surface area (Å²) < 4.78 is 0. The second-order valence-corrected chi connectivity index (χ2v) is 7.99. The van der Waals surface area contributed by atoms with Crippen molar-refractivity contribution >= 4 is 17.2 Å². The van der Waals surface area contributed by atoms with Gasteiger partial charge in [0.2, 0.25) is 5.91 Å². The summed E-state index contributed by atoms with van der Waals surface area (Å²) >= 11 is 1.79. The Morgan fingerprint density at radius 3 is 2.57 bits per heavy atom. The number of carbonyl (C=O) groups is 1. The van der Waals surface area contributed by atoms with Gasteiger partial charge in [-0.15, -0.1) is 11.3 Å². The zero-order valence-corrected chi connectivity index (χ0v) is 14.6. The van der Waals surface area contributed by atoms with Crippen LogP contribution in [-0.2, 0) is 10.2 Å². The van der Waals surface area contributed by atoms with Crippen LogP contribution in [0.1, 0.15) is 62.2 Å². The lowest BCUT2D eigenvalue weighted by Gasteiger charge is -2.15. The molecule has 0 radical (unpaired) electrons.